The summed E-state index contributed by atoms with van der Waals surface area (Å²) in [5, 5.41) is 2.54. The van der Waals surface area contributed by atoms with Crippen molar-refractivity contribution in [1.29, 1.82) is 0 Å². The summed E-state index contributed by atoms with van der Waals surface area (Å²) in [5.74, 6) is 0. The minimum atomic E-state index is -3.10. The van der Waals surface area contributed by atoms with Crippen molar-refractivity contribution in [3.05, 3.63) is 139 Å². The third kappa shape index (κ3) is 4.04. The van der Waals surface area contributed by atoms with Crippen LogP contribution in [-0.2, 0) is 4.57 Å². The Balaban J connectivity index is 1.85. The van der Waals surface area contributed by atoms with Gasteiger partial charge < -0.3 is 4.57 Å². The third-order valence-electron chi connectivity index (χ3n) is 6.43. The van der Waals surface area contributed by atoms with Crippen molar-refractivity contribution in [1.82, 2.24) is 0 Å². The van der Waals surface area contributed by atoms with Gasteiger partial charge in [0.1, 0.15) is 0 Å². The molecular formula is C32H27OP. The minimum Gasteiger partial charge on any atom is -0.309 e. The van der Waals surface area contributed by atoms with Gasteiger partial charge in [0.2, 0.25) is 0 Å². The van der Waals surface area contributed by atoms with Gasteiger partial charge in [0.15, 0.2) is 7.14 Å². The summed E-state index contributed by atoms with van der Waals surface area (Å²) in [4.78, 5) is 0. The van der Waals surface area contributed by atoms with Crippen molar-refractivity contribution in [2.45, 2.75) is 13.8 Å². The summed E-state index contributed by atoms with van der Waals surface area (Å²) >= 11 is 0. The van der Waals surface area contributed by atoms with Gasteiger partial charge in [-0.3, -0.25) is 0 Å². The van der Waals surface area contributed by atoms with E-state index in [0.717, 1.165) is 38.2 Å². The monoisotopic (exact) mass is 458 g/mol. The molecule has 0 aliphatic rings. The predicted octanol–water partition coefficient (Wildman–Crippen LogP) is 7.28. The Hall–Kier alpha value is -3.67. The topological polar surface area (TPSA) is 17.1 Å². The summed E-state index contributed by atoms with van der Waals surface area (Å²) in [5.41, 5.74) is 6.88. The van der Waals surface area contributed by atoms with Crippen molar-refractivity contribution < 1.29 is 4.57 Å². The fourth-order valence-corrected chi connectivity index (χ4v) is 7.34. The van der Waals surface area contributed by atoms with Crippen LogP contribution in [0.4, 0.5) is 0 Å². The predicted molar refractivity (Wildman–Crippen MR) is 146 cm³/mol. The SMILES string of the molecule is Cc1ccccc1-c1cc(-c2ccccc2C)cc(P(=O)(c2ccccc2)c2ccccc2)c1. The van der Waals surface area contributed by atoms with Crippen molar-refractivity contribution in [2.75, 3.05) is 0 Å². The van der Waals surface area contributed by atoms with Crippen LogP contribution in [0.3, 0.4) is 0 Å². The maximum absolute atomic E-state index is 15.2. The second kappa shape index (κ2) is 9.29. The van der Waals surface area contributed by atoms with E-state index in [1.54, 1.807) is 0 Å². The Kier molecular flexibility index (Phi) is 6.05. The lowest BCUT2D eigenvalue weighted by Crippen LogP contribution is -2.25. The highest BCUT2D eigenvalue weighted by Crippen LogP contribution is 2.44. The van der Waals surface area contributed by atoms with Gasteiger partial charge in [-0.05, 0) is 65.4 Å². The first-order valence-electron chi connectivity index (χ1n) is 11.6. The minimum absolute atomic E-state index is 0.846. The number of rotatable bonds is 5. The van der Waals surface area contributed by atoms with Gasteiger partial charge >= 0.3 is 0 Å². The Bertz CT molecular complexity index is 1380. The highest BCUT2D eigenvalue weighted by Gasteiger charge is 2.30. The molecule has 0 saturated carbocycles. The zero-order chi connectivity index (χ0) is 23.5. The van der Waals surface area contributed by atoms with E-state index in [1.165, 1.54) is 11.1 Å². The molecule has 0 fully saturated rings. The summed E-state index contributed by atoms with van der Waals surface area (Å²) in [7, 11) is -3.10. The lowest BCUT2D eigenvalue weighted by Gasteiger charge is -2.22. The molecule has 0 aliphatic carbocycles. The summed E-state index contributed by atoms with van der Waals surface area (Å²) in [6.07, 6.45) is 0. The van der Waals surface area contributed by atoms with Crippen LogP contribution in [-0.4, -0.2) is 0 Å². The molecule has 0 bridgehead atoms. The molecule has 0 heterocycles. The van der Waals surface area contributed by atoms with Crippen LogP contribution >= 0.6 is 7.14 Å². The molecule has 5 rings (SSSR count). The number of hydrogen-bond donors (Lipinski definition) is 0. The van der Waals surface area contributed by atoms with Crippen LogP contribution in [0.1, 0.15) is 11.1 Å². The molecule has 0 aromatic heterocycles. The van der Waals surface area contributed by atoms with Crippen molar-refractivity contribution in [3.8, 4) is 22.3 Å². The summed E-state index contributed by atoms with van der Waals surface area (Å²) in [6, 6.07) is 43.1. The van der Waals surface area contributed by atoms with E-state index in [1.807, 2.05) is 60.7 Å². The smallest absolute Gasteiger partial charge is 0.171 e. The standard InChI is InChI=1S/C32H27OP/c1-24-13-9-11-19-31(24)26-21-27(32-20-12-10-14-25(32)2)23-30(22-26)34(33,28-15-5-3-6-16-28)29-17-7-4-8-18-29/h3-23H,1-2H3. The first-order valence-corrected chi connectivity index (χ1v) is 13.3. The normalized spacial score (nSPS) is 11.4. The fraction of sp³-hybridized carbons (Fsp3) is 0.0625. The van der Waals surface area contributed by atoms with E-state index in [9.17, 15) is 0 Å². The molecular weight excluding hydrogens is 431 g/mol. The van der Waals surface area contributed by atoms with E-state index >= 15 is 4.57 Å². The van der Waals surface area contributed by atoms with Crippen LogP contribution < -0.4 is 15.9 Å². The van der Waals surface area contributed by atoms with Gasteiger partial charge in [-0.1, -0.05) is 109 Å². The molecule has 34 heavy (non-hydrogen) atoms. The maximum Gasteiger partial charge on any atom is 0.171 e. The number of hydrogen-bond acceptors (Lipinski definition) is 1. The first kappa shape index (κ1) is 22.1. The molecule has 5 aromatic rings. The quantitative estimate of drug-likeness (QED) is 0.253. The van der Waals surface area contributed by atoms with Crippen molar-refractivity contribution >= 4 is 23.1 Å². The molecule has 5 aromatic carbocycles. The van der Waals surface area contributed by atoms with E-state index in [2.05, 4.69) is 80.6 Å². The summed E-state index contributed by atoms with van der Waals surface area (Å²) < 4.78 is 15.2. The molecule has 166 valence electrons. The lowest BCUT2D eigenvalue weighted by molar-refractivity contribution is 0.592. The summed E-state index contributed by atoms with van der Waals surface area (Å²) in [6.45, 7) is 4.26. The van der Waals surface area contributed by atoms with Gasteiger partial charge in [-0.25, -0.2) is 0 Å². The molecule has 1 nitrogen and oxygen atoms in total. The first-order chi connectivity index (χ1) is 16.6. The van der Waals surface area contributed by atoms with Gasteiger partial charge in [-0.15, -0.1) is 0 Å². The number of benzene rings is 5. The van der Waals surface area contributed by atoms with Crippen LogP contribution in [0.25, 0.3) is 22.3 Å². The zero-order valence-electron chi connectivity index (χ0n) is 19.5. The van der Waals surface area contributed by atoms with E-state index in [0.29, 0.717) is 0 Å². The van der Waals surface area contributed by atoms with Crippen LogP contribution in [0, 0.1) is 13.8 Å². The molecule has 0 aliphatic heterocycles. The van der Waals surface area contributed by atoms with Gasteiger partial charge in [0, 0.05) is 15.9 Å². The second-order valence-corrected chi connectivity index (χ2v) is 11.4. The van der Waals surface area contributed by atoms with Crippen molar-refractivity contribution in [3.63, 3.8) is 0 Å². The third-order valence-corrected chi connectivity index (χ3v) is 9.47. The van der Waals surface area contributed by atoms with Crippen LogP contribution in [0.15, 0.2) is 127 Å². The Labute approximate surface area is 202 Å². The average molecular weight is 459 g/mol. The largest absolute Gasteiger partial charge is 0.309 e. The highest BCUT2D eigenvalue weighted by atomic mass is 31.2. The zero-order valence-corrected chi connectivity index (χ0v) is 20.4. The van der Waals surface area contributed by atoms with E-state index in [4.69, 9.17) is 0 Å². The van der Waals surface area contributed by atoms with Crippen molar-refractivity contribution in [2.24, 2.45) is 0 Å². The maximum atomic E-state index is 15.2. The molecule has 0 atom stereocenters. The highest BCUT2D eigenvalue weighted by molar-refractivity contribution is 7.85. The second-order valence-electron chi connectivity index (χ2n) is 8.68. The molecule has 0 spiro atoms. The van der Waals surface area contributed by atoms with Gasteiger partial charge in [0.05, 0.1) is 0 Å². The Morgan fingerprint density at radius 1 is 0.441 bits per heavy atom. The fourth-order valence-electron chi connectivity index (χ4n) is 4.62. The van der Waals surface area contributed by atoms with E-state index in [-0.39, 0.29) is 0 Å². The average Bonchev–Trinajstić information content (AvgIpc) is 2.89. The molecule has 0 N–H and O–H groups in total. The molecule has 0 radical (unpaired) electrons. The van der Waals surface area contributed by atoms with Gasteiger partial charge in [-0.2, -0.15) is 0 Å². The molecule has 2 heteroatoms. The molecule has 0 amide bonds. The molecule has 0 saturated heterocycles. The Morgan fingerprint density at radius 2 is 0.824 bits per heavy atom. The van der Waals surface area contributed by atoms with Gasteiger partial charge in [0.25, 0.3) is 0 Å². The van der Waals surface area contributed by atoms with E-state index < -0.39 is 7.14 Å². The molecule has 0 unspecified atom stereocenters. The number of aryl methyl sites for hydroxylation is 2. The van der Waals surface area contributed by atoms with Crippen LogP contribution in [0.2, 0.25) is 0 Å². The lowest BCUT2D eigenvalue weighted by atomic mass is 9.95. The van der Waals surface area contributed by atoms with Crippen LogP contribution in [0.5, 0.6) is 0 Å². The Morgan fingerprint density at radius 3 is 1.24 bits per heavy atom.